The average Bonchev–Trinajstić information content (AvgIpc) is 3.10. The van der Waals surface area contributed by atoms with Crippen molar-refractivity contribution in [2.45, 2.75) is 52.0 Å². The number of hydrogen-bond acceptors (Lipinski definition) is 9. The van der Waals surface area contributed by atoms with Gasteiger partial charge in [0.25, 0.3) is 10.1 Å². The molecule has 2 aromatic carbocycles. The Morgan fingerprint density at radius 3 is 2.12 bits per heavy atom. The van der Waals surface area contributed by atoms with Crippen molar-refractivity contribution >= 4 is 15.9 Å². The Bertz CT molecular complexity index is 1520. The molecule has 10 nitrogen and oxygen atoms in total. The number of ketones is 1. The van der Waals surface area contributed by atoms with Crippen LogP contribution in [0.5, 0.6) is 23.0 Å². The summed E-state index contributed by atoms with van der Waals surface area (Å²) in [6, 6.07) is 6.75. The van der Waals surface area contributed by atoms with Crippen LogP contribution in [-0.4, -0.2) is 52.9 Å². The van der Waals surface area contributed by atoms with E-state index in [0.717, 1.165) is 35.1 Å². The summed E-state index contributed by atoms with van der Waals surface area (Å²) in [6.45, 7) is 3.89. The first kappa shape index (κ1) is 30.8. The fraction of sp³-hybridized carbons (Fsp3) is 0.533. The largest absolute Gasteiger partial charge is 0.493 e. The van der Waals surface area contributed by atoms with Gasteiger partial charge >= 0.3 is 0 Å². The molecular weight excluding hydrogens is 550 g/mol. The molecule has 3 N–H and O–H groups in total. The number of carbonyl (C=O) groups excluding carboxylic acids is 1. The van der Waals surface area contributed by atoms with E-state index in [1.807, 2.05) is 26.0 Å². The van der Waals surface area contributed by atoms with Crippen molar-refractivity contribution in [2.75, 3.05) is 34.2 Å². The van der Waals surface area contributed by atoms with E-state index in [9.17, 15) is 18.0 Å². The molecule has 3 aliphatic rings. The summed E-state index contributed by atoms with van der Waals surface area (Å²) in [6.07, 6.45) is 3.40. The second-order valence-electron chi connectivity index (χ2n) is 11.5. The molecule has 0 amide bonds. The molecule has 5 rings (SSSR count). The molecule has 41 heavy (non-hydrogen) atoms. The molecule has 0 heterocycles. The van der Waals surface area contributed by atoms with Crippen molar-refractivity contribution in [3.63, 3.8) is 0 Å². The van der Waals surface area contributed by atoms with E-state index >= 15 is 0 Å². The Hall–Kier alpha value is -3.15. The highest BCUT2D eigenvalue weighted by atomic mass is 32.2. The number of fused-ring (bicyclic) bond motifs is 5. The zero-order valence-corrected chi connectivity index (χ0v) is 25.2. The zero-order chi connectivity index (χ0) is 30.3. The third-order valence-electron chi connectivity index (χ3n) is 9.33. The minimum Gasteiger partial charge on any atom is -0.493 e. The lowest BCUT2D eigenvalue weighted by molar-refractivity contribution is -0.128. The number of methoxy groups -OCH3 is 4. The van der Waals surface area contributed by atoms with Gasteiger partial charge in [0.15, 0.2) is 17.2 Å². The summed E-state index contributed by atoms with van der Waals surface area (Å²) < 4.78 is 52.9. The van der Waals surface area contributed by atoms with E-state index in [0.29, 0.717) is 36.5 Å². The molecule has 11 heteroatoms. The molecule has 3 aliphatic carbocycles. The maximum absolute atomic E-state index is 12.4. The van der Waals surface area contributed by atoms with E-state index < -0.39 is 21.3 Å². The maximum Gasteiger partial charge on any atom is 0.265 e. The SMILES string of the molecule is CC1(C)[C@@H]2CC[C@@]1(CS(=O)(=O)O)C(=O)C2.COc1cc2c(c(OC)c1OC)-c1ccc(OC)c(=O)cc1[C@@H](N)CC2. The summed E-state index contributed by atoms with van der Waals surface area (Å²) in [7, 11) is 2.15. The predicted molar refractivity (Wildman–Crippen MR) is 155 cm³/mol. The van der Waals surface area contributed by atoms with Gasteiger partial charge in [0.05, 0.1) is 39.6 Å². The van der Waals surface area contributed by atoms with Crippen LogP contribution in [0.2, 0.25) is 0 Å². The topological polar surface area (TPSA) is 151 Å². The van der Waals surface area contributed by atoms with Gasteiger partial charge in [0.1, 0.15) is 5.78 Å². The van der Waals surface area contributed by atoms with Crippen LogP contribution in [-0.2, 0) is 21.3 Å². The first-order valence-corrected chi connectivity index (χ1v) is 15.1. The van der Waals surface area contributed by atoms with E-state index in [4.69, 9.17) is 29.2 Å². The molecule has 0 aliphatic heterocycles. The molecule has 2 bridgehead atoms. The molecule has 0 aromatic heterocycles. The van der Waals surface area contributed by atoms with Crippen molar-refractivity contribution in [1.82, 2.24) is 0 Å². The van der Waals surface area contributed by atoms with Crippen LogP contribution >= 0.6 is 0 Å². The molecular formula is C30H39NO9S. The third-order valence-corrected chi connectivity index (χ3v) is 10.2. The number of rotatable bonds is 6. The van der Waals surface area contributed by atoms with Gasteiger partial charge in [0, 0.05) is 18.0 Å². The zero-order valence-electron chi connectivity index (χ0n) is 24.4. The maximum atomic E-state index is 12.4. The van der Waals surface area contributed by atoms with Crippen molar-refractivity contribution in [1.29, 1.82) is 0 Å². The number of ether oxygens (including phenoxy) is 4. The van der Waals surface area contributed by atoms with E-state index in [2.05, 4.69) is 0 Å². The highest BCUT2D eigenvalue weighted by Crippen LogP contribution is 2.64. The lowest BCUT2D eigenvalue weighted by Crippen LogP contribution is -2.42. The summed E-state index contributed by atoms with van der Waals surface area (Å²) in [4.78, 5) is 24.3. The Morgan fingerprint density at radius 1 is 0.951 bits per heavy atom. The van der Waals surface area contributed by atoms with Gasteiger partial charge in [-0.2, -0.15) is 8.42 Å². The van der Waals surface area contributed by atoms with E-state index in [1.54, 1.807) is 33.5 Å². The Morgan fingerprint density at radius 2 is 1.61 bits per heavy atom. The smallest absolute Gasteiger partial charge is 0.265 e. The quantitative estimate of drug-likeness (QED) is 0.474. The monoisotopic (exact) mass is 589 g/mol. The second-order valence-corrected chi connectivity index (χ2v) is 12.9. The number of carbonyl (C=O) groups is 1. The molecule has 0 radical (unpaired) electrons. The van der Waals surface area contributed by atoms with Crippen LogP contribution in [0.25, 0.3) is 11.1 Å². The fourth-order valence-electron chi connectivity index (χ4n) is 6.92. The van der Waals surface area contributed by atoms with Crippen LogP contribution in [0, 0.1) is 16.7 Å². The molecule has 0 unspecified atom stereocenters. The van der Waals surface area contributed by atoms with Crippen molar-refractivity contribution in [3.8, 4) is 34.1 Å². The number of Topliss-reactive ketones (excluding diaryl/α,β-unsaturated/α-hetero) is 1. The van der Waals surface area contributed by atoms with Crippen LogP contribution in [0.15, 0.2) is 29.1 Å². The molecule has 2 saturated carbocycles. The average molecular weight is 590 g/mol. The van der Waals surface area contributed by atoms with Crippen LogP contribution in [0.3, 0.4) is 0 Å². The number of benzene rings is 1. The third kappa shape index (κ3) is 5.30. The van der Waals surface area contributed by atoms with E-state index in [-0.39, 0.29) is 34.3 Å². The standard InChI is InChI=1S/C20H23NO5.C10H16O4S/c1-23-16-8-6-12-13(10-15(16)22)14(21)7-5-11-9-17(24-2)19(25-3)20(26-4)18(11)12;1-9(2)7-3-4-10(9,8(11)5-7)6-15(12,13)14/h6,8-10,14H,5,7,21H2,1-4H3;7H,3-6H2,1-2H3,(H,12,13,14)/t14-;7-,10-/m01/s1. The highest BCUT2D eigenvalue weighted by Gasteiger charge is 2.65. The molecule has 3 atom stereocenters. The number of nitrogens with two attached hydrogens (primary N) is 1. The second kappa shape index (κ2) is 11.3. The van der Waals surface area contributed by atoms with Crippen LogP contribution in [0.4, 0.5) is 0 Å². The van der Waals surface area contributed by atoms with Gasteiger partial charge in [-0.05, 0) is 71.9 Å². The lowest BCUT2D eigenvalue weighted by Gasteiger charge is -2.35. The van der Waals surface area contributed by atoms with Crippen LogP contribution < -0.4 is 30.1 Å². The number of aryl methyl sites for hydroxylation is 1. The Labute approximate surface area is 240 Å². The van der Waals surface area contributed by atoms with Crippen molar-refractivity contribution < 1.29 is 36.7 Å². The van der Waals surface area contributed by atoms with Gasteiger partial charge in [-0.3, -0.25) is 14.1 Å². The summed E-state index contributed by atoms with van der Waals surface area (Å²) in [5, 5.41) is 0. The Kier molecular flexibility index (Phi) is 8.46. The number of hydrogen-bond donors (Lipinski definition) is 2. The van der Waals surface area contributed by atoms with Crippen molar-refractivity contribution in [3.05, 3.63) is 45.6 Å². The predicted octanol–water partition coefficient (Wildman–Crippen LogP) is 3.96. The van der Waals surface area contributed by atoms with Gasteiger partial charge in [-0.1, -0.05) is 19.9 Å². The van der Waals surface area contributed by atoms with Crippen LogP contribution in [0.1, 0.15) is 56.7 Å². The molecule has 0 saturated heterocycles. The lowest BCUT2D eigenvalue weighted by atomic mass is 9.70. The highest BCUT2D eigenvalue weighted by molar-refractivity contribution is 7.85. The molecule has 0 spiro atoms. The Balaban J connectivity index is 0.000000218. The minimum absolute atomic E-state index is 0.0152. The first-order chi connectivity index (χ1) is 19.2. The summed E-state index contributed by atoms with van der Waals surface area (Å²) in [5.74, 6) is 1.84. The van der Waals surface area contributed by atoms with Gasteiger partial charge in [0.2, 0.25) is 11.2 Å². The molecule has 2 fully saturated rings. The fourth-order valence-corrected chi connectivity index (χ4v) is 8.22. The first-order valence-electron chi connectivity index (χ1n) is 13.5. The van der Waals surface area contributed by atoms with Gasteiger partial charge in [-0.15, -0.1) is 0 Å². The summed E-state index contributed by atoms with van der Waals surface area (Å²) in [5.41, 5.74) is 8.57. The van der Waals surface area contributed by atoms with E-state index in [1.165, 1.54) is 7.11 Å². The normalized spacial score (nSPS) is 23.9. The minimum atomic E-state index is -4.08. The summed E-state index contributed by atoms with van der Waals surface area (Å²) >= 11 is 0. The van der Waals surface area contributed by atoms with Gasteiger partial charge in [-0.25, -0.2) is 0 Å². The van der Waals surface area contributed by atoms with Gasteiger partial charge < -0.3 is 24.7 Å². The molecule has 224 valence electrons. The molecule has 2 aromatic rings. The van der Waals surface area contributed by atoms with Crippen molar-refractivity contribution in [2.24, 2.45) is 22.5 Å².